The van der Waals surface area contributed by atoms with Crippen LogP contribution in [0.15, 0.2) is 102 Å². The molecule has 0 spiro atoms. The highest BCUT2D eigenvalue weighted by molar-refractivity contribution is 7.92. The number of hydrogen-bond acceptors (Lipinski definition) is 4. The standard InChI is InChI=1S/C34H35ClFN3O4S/c1-4-37-34(41)32(21-26-10-6-5-7-11-26)38(22-27-12-8-9-13-31(27)36)33(40)23-39(29-17-14-24(2)25(3)20-29)44(42,43)30-18-15-28(35)16-19-30/h5-20,32H,4,21-23H2,1-3H3,(H,37,41)/t32-/m0/s1. The molecule has 0 saturated heterocycles. The molecule has 1 atom stereocenters. The molecule has 0 aliphatic carbocycles. The Labute approximate surface area is 263 Å². The lowest BCUT2D eigenvalue weighted by Gasteiger charge is -2.34. The summed E-state index contributed by atoms with van der Waals surface area (Å²) in [6.45, 7) is 4.95. The number of halogens is 2. The smallest absolute Gasteiger partial charge is 0.264 e. The van der Waals surface area contributed by atoms with Gasteiger partial charge in [-0.05, 0) is 79.9 Å². The van der Waals surface area contributed by atoms with E-state index >= 15 is 0 Å². The zero-order valence-electron chi connectivity index (χ0n) is 24.8. The van der Waals surface area contributed by atoms with Crippen molar-refractivity contribution in [2.45, 2.75) is 44.7 Å². The van der Waals surface area contributed by atoms with Crippen molar-refractivity contribution in [3.8, 4) is 0 Å². The summed E-state index contributed by atoms with van der Waals surface area (Å²) in [5.74, 6) is -1.64. The van der Waals surface area contributed by atoms with Crippen molar-refractivity contribution < 1.29 is 22.4 Å². The van der Waals surface area contributed by atoms with E-state index < -0.39 is 40.2 Å². The number of nitrogens with one attached hydrogen (secondary N) is 1. The van der Waals surface area contributed by atoms with Crippen molar-refractivity contribution in [1.29, 1.82) is 0 Å². The van der Waals surface area contributed by atoms with E-state index in [1.807, 2.05) is 44.2 Å². The first-order chi connectivity index (χ1) is 21.0. The summed E-state index contributed by atoms with van der Waals surface area (Å²) >= 11 is 6.03. The number of sulfonamides is 1. The molecular weight excluding hydrogens is 601 g/mol. The van der Waals surface area contributed by atoms with E-state index in [0.29, 0.717) is 11.6 Å². The van der Waals surface area contributed by atoms with E-state index in [-0.39, 0.29) is 29.1 Å². The molecule has 1 N–H and O–H groups in total. The van der Waals surface area contributed by atoms with Crippen molar-refractivity contribution in [1.82, 2.24) is 10.2 Å². The largest absolute Gasteiger partial charge is 0.355 e. The van der Waals surface area contributed by atoms with Crippen LogP contribution in [0.4, 0.5) is 10.1 Å². The van der Waals surface area contributed by atoms with Gasteiger partial charge in [-0.25, -0.2) is 12.8 Å². The minimum atomic E-state index is -4.27. The Morgan fingerprint density at radius 3 is 2.18 bits per heavy atom. The fourth-order valence-corrected chi connectivity index (χ4v) is 6.33. The van der Waals surface area contributed by atoms with Gasteiger partial charge in [0.15, 0.2) is 0 Å². The molecule has 10 heteroatoms. The lowest BCUT2D eigenvalue weighted by molar-refractivity contribution is -0.140. The highest BCUT2D eigenvalue weighted by Crippen LogP contribution is 2.28. The molecule has 0 unspecified atom stereocenters. The Balaban J connectivity index is 1.82. The number of benzene rings is 4. The van der Waals surface area contributed by atoms with Crippen LogP contribution in [0.5, 0.6) is 0 Å². The molecule has 0 saturated carbocycles. The van der Waals surface area contributed by atoms with Gasteiger partial charge in [0.1, 0.15) is 18.4 Å². The van der Waals surface area contributed by atoms with Crippen LogP contribution in [0.3, 0.4) is 0 Å². The molecule has 2 amide bonds. The van der Waals surface area contributed by atoms with Gasteiger partial charge >= 0.3 is 0 Å². The lowest BCUT2D eigenvalue weighted by Crippen LogP contribution is -2.53. The molecule has 0 aliphatic rings. The van der Waals surface area contributed by atoms with Gasteiger partial charge in [-0.2, -0.15) is 0 Å². The summed E-state index contributed by atoms with van der Waals surface area (Å²) < 4.78 is 44.1. The van der Waals surface area contributed by atoms with Gasteiger partial charge in [0, 0.05) is 30.1 Å². The monoisotopic (exact) mass is 635 g/mol. The number of carbonyl (C=O) groups is 2. The normalized spacial score (nSPS) is 11.9. The van der Waals surface area contributed by atoms with Crippen LogP contribution in [-0.2, 0) is 32.6 Å². The number of carbonyl (C=O) groups excluding carboxylic acids is 2. The summed E-state index contributed by atoms with van der Waals surface area (Å²) in [7, 11) is -4.27. The predicted octanol–water partition coefficient (Wildman–Crippen LogP) is 6.07. The summed E-state index contributed by atoms with van der Waals surface area (Å²) in [5.41, 5.74) is 3.04. The molecular formula is C34H35ClFN3O4S. The topological polar surface area (TPSA) is 86.8 Å². The SMILES string of the molecule is CCNC(=O)[C@H](Cc1ccccc1)N(Cc1ccccc1F)C(=O)CN(c1ccc(C)c(C)c1)S(=O)(=O)c1ccc(Cl)cc1. The minimum Gasteiger partial charge on any atom is -0.355 e. The van der Waals surface area contributed by atoms with Crippen LogP contribution in [-0.4, -0.2) is 44.3 Å². The van der Waals surface area contributed by atoms with Gasteiger partial charge < -0.3 is 10.2 Å². The molecule has 0 heterocycles. The number of nitrogens with zero attached hydrogens (tertiary/aromatic N) is 2. The van der Waals surface area contributed by atoms with Crippen LogP contribution in [0.1, 0.15) is 29.2 Å². The maximum absolute atomic E-state index is 15.0. The first-order valence-electron chi connectivity index (χ1n) is 14.2. The zero-order valence-corrected chi connectivity index (χ0v) is 26.4. The molecule has 0 radical (unpaired) electrons. The molecule has 0 aliphatic heterocycles. The first-order valence-corrected chi connectivity index (χ1v) is 16.0. The molecule has 7 nitrogen and oxygen atoms in total. The van der Waals surface area contributed by atoms with Crippen molar-refractivity contribution in [3.05, 3.63) is 130 Å². The fraction of sp³-hybridized carbons (Fsp3) is 0.235. The van der Waals surface area contributed by atoms with Crippen LogP contribution in [0, 0.1) is 19.7 Å². The van der Waals surface area contributed by atoms with E-state index in [0.717, 1.165) is 21.0 Å². The van der Waals surface area contributed by atoms with Gasteiger partial charge in [0.2, 0.25) is 11.8 Å². The molecule has 230 valence electrons. The van der Waals surface area contributed by atoms with Crippen LogP contribution < -0.4 is 9.62 Å². The second-order valence-electron chi connectivity index (χ2n) is 10.4. The van der Waals surface area contributed by atoms with Crippen LogP contribution in [0.25, 0.3) is 0 Å². The maximum atomic E-state index is 15.0. The van der Waals surface area contributed by atoms with Crippen molar-refractivity contribution in [2.75, 3.05) is 17.4 Å². The average molecular weight is 636 g/mol. The Hall–Kier alpha value is -4.21. The molecule has 4 aromatic rings. The third kappa shape index (κ3) is 7.84. The first kappa shape index (κ1) is 32.7. The van der Waals surface area contributed by atoms with Gasteiger partial charge in [-0.1, -0.05) is 66.2 Å². The van der Waals surface area contributed by atoms with Gasteiger partial charge in [-0.15, -0.1) is 0 Å². The lowest BCUT2D eigenvalue weighted by atomic mass is 10.0. The second kappa shape index (κ2) is 14.5. The predicted molar refractivity (Wildman–Crippen MR) is 171 cm³/mol. The third-order valence-electron chi connectivity index (χ3n) is 7.38. The second-order valence-corrected chi connectivity index (χ2v) is 12.7. The fourth-order valence-electron chi connectivity index (χ4n) is 4.80. The molecule has 4 rings (SSSR count). The van der Waals surface area contributed by atoms with Crippen molar-refractivity contribution >= 4 is 39.1 Å². The quantitative estimate of drug-likeness (QED) is 0.205. The summed E-state index contributed by atoms with van der Waals surface area (Å²) in [6.07, 6.45) is 0.139. The number of aryl methyl sites for hydroxylation is 2. The van der Waals surface area contributed by atoms with E-state index in [1.54, 1.807) is 37.3 Å². The Bertz CT molecular complexity index is 1720. The highest BCUT2D eigenvalue weighted by Gasteiger charge is 2.35. The van der Waals surface area contributed by atoms with Gasteiger partial charge in [0.05, 0.1) is 10.6 Å². The van der Waals surface area contributed by atoms with E-state index in [4.69, 9.17) is 11.6 Å². The Morgan fingerprint density at radius 1 is 0.886 bits per heavy atom. The summed E-state index contributed by atoms with van der Waals surface area (Å²) in [5, 5.41) is 3.15. The Kier molecular flexibility index (Phi) is 10.8. The Morgan fingerprint density at radius 2 is 1.55 bits per heavy atom. The summed E-state index contributed by atoms with van der Waals surface area (Å²) in [4.78, 5) is 29.1. The zero-order chi connectivity index (χ0) is 31.9. The van der Waals surface area contributed by atoms with E-state index in [9.17, 15) is 22.4 Å². The van der Waals surface area contributed by atoms with E-state index in [1.165, 1.54) is 41.3 Å². The molecule has 4 aromatic carbocycles. The van der Waals surface area contributed by atoms with Crippen molar-refractivity contribution in [3.63, 3.8) is 0 Å². The maximum Gasteiger partial charge on any atom is 0.264 e. The molecule has 44 heavy (non-hydrogen) atoms. The number of rotatable bonds is 12. The number of amides is 2. The molecule has 0 aromatic heterocycles. The van der Waals surface area contributed by atoms with E-state index in [2.05, 4.69) is 5.32 Å². The number of anilines is 1. The van der Waals surface area contributed by atoms with Gasteiger partial charge in [0.25, 0.3) is 10.0 Å². The highest BCUT2D eigenvalue weighted by atomic mass is 35.5. The molecule has 0 fully saturated rings. The molecule has 0 bridgehead atoms. The number of likely N-dealkylation sites (N-methyl/N-ethyl adjacent to an activating group) is 1. The summed E-state index contributed by atoms with van der Waals surface area (Å²) in [6, 6.07) is 24.9. The van der Waals surface area contributed by atoms with Crippen molar-refractivity contribution in [2.24, 2.45) is 0 Å². The van der Waals surface area contributed by atoms with Gasteiger partial charge in [-0.3, -0.25) is 13.9 Å². The third-order valence-corrected chi connectivity index (χ3v) is 9.42. The number of hydrogen-bond donors (Lipinski definition) is 1. The van der Waals surface area contributed by atoms with Crippen LogP contribution >= 0.6 is 11.6 Å². The minimum absolute atomic E-state index is 0.0573. The average Bonchev–Trinajstić information content (AvgIpc) is 3.00. The van der Waals surface area contributed by atoms with Crippen LogP contribution in [0.2, 0.25) is 5.02 Å².